The van der Waals surface area contributed by atoms with Crippen LogP contribution in [0.2, 0.25) is 0 Å². The lowest BCUT2D eigenvalue weighted by atomic mass is 10.2. The van der Waals surface area contributed by atoms with Crippen molar-refractivity contribution in [3.8, 4) is 0 Å². The molecule has 2 amide bonds. The number of hydrogen-bond acceptors (Lipinski definition) is 3. The lowest BCUT2D eigenvalue weighted by Crippen LogP contribution is -2.32. The van der Waals surface area contributed by atoms with E-state index < -0.39 is 5.91 Å². The molecule has 0 aliphatic carbocycles. The third-order valence-corrected chi connectivity index (χ3v) is 3.82. The van der Waals surface area contributed by atoms with E-state index in [0.29, 0.717) is 13.1 Å². The van der Waals surface area contributed by atoms with Crippen LogP contribution >= 0.6 is 11.3 Å². The molecule has 0 aliphatic heterocycles. The molecule has 1 aromatic heterocycles. The summed E-state index contributed by atoms with van der Waals surface area (Å²) in [4.78, 5) is 25.0. The highest BCUT2D eigenvalue weighted by Gasteiger charge is 2.12. The molecule has 0 saturated heterocycles. The summed E-state index contributed by atoms with van der Waals surface area (Å²) in [5.74, 6) is -0.538. The first-order valence-electron chi connectivity index (χ1n) is 6.96. The number of carbonyl (C=O) groups is 2. The molecule has 1 heterocycles. The summed E-state index contributed by atoms with van der Waals surface area (Å²) in [5, 5.41) is 3.92. The van der Waals surface area contributed by atoms with Gasteiger partial charge in [0.25, 0.3) is 0 Å². The average Bonchev–Trinajstić information content (AvgIpc) is 3.03. The Hall–Kier alpha value is -2.40. The summed E-state index contributed by atoms with van der Waals surface area (Å²) >= 11 is 1.58. The standard InChI is InChI=1S/C17H18N2O2S/c18-16(20)8-10-19(12-14-4-2-1-3-5-14)17(21)7-6-15-9-11-22-13-15/h1-7,9,11,13H,8,10,12H2,(H2,18,20)/b7-6+. The van der Waals surface area contributed by atoms with Gasteiger partial charge in [0.15, 0.2) is 0 Å². The van der Waals surface area contributed by atoms with Crippen molar-refractivity contribution in [3.63, 3.8) is 0 Å². The smallest absolute Gasteiger partial charge is 0.246 e. The fourth-order valence-corrected chi connectivity index (χ4v) is 2.59. The van der Waals surface area contributed by atoms with E-state index in [2.05, 4.69) is 0 Å². The molecule has 2 rings (SSSR count). The van der Waals surface area contributed by atoms with Crippen LogP contribution in [0.5, 0.6) is 0 Å². The second-order valence-corrected chi connectivity index (χ2v) is 5.63. The van der Waals surface area contributed by atoms with Crippen molar-refractivity contribution in [1.29, 1.82) is 0 Å². The van der Waals surface area contributed by atoms with Crippen LogP contribution < -0.4 is 5.73 Å². The van der Waals surface area contributed by atoms with Crippen molar-refractivity contribution in [2.24, 2.45) is 5.73 Å². The number of benzene rings is 1. The van der Waals surface area contributed by atoms with Crippen molar-refractivity contribution in [3.05, 3.63) is 64.4 Å². The molecular weight excluding hydrogens is 296 g/mol. The minimum absolute atomic E-state index is 0.128. The van der Waals surface area contributed by atoms with Crippen molar-refractivity contribution in [2.75, 3.05) is 6.54 Å². The molecule has 114 valence electrons. The molecule has 0 spiro atoms. The number of amides is 2. The van der Waals surface area contributed by atoms with Crippen LogP contribution in [0.15, 0.2) is 53.2 Å². The first kappa shape index (κ1) is 16.0. The van der Waals surface area contributed by atoms with Crippen molar-refractivity contribution >= 4 is 29.2 Å². The van der Waals surface area contributed by atoms with Gasteiger partial charge in [0.2, 0.25) is 11.8 Å². The Morgan fingerprint density at radius 3 is 2.59 bits per heavy atom. The predicted octanol–water partition coefficient (Wildman–Crippen LogP) is 2.67. The van der Waals surface area contributed by atoms with E-state index in [1.54, 1.807) is 22.3 Å². The van der Waals surface area contributed by atoms with Crippen LogP contribution in [0.25, 0.3) is 6.08 Å². The van der Waals surface area contributed by atoms with Gasteiger partial charge in [0.05, 0.1) is 0 Å². The third-order valence-electron chi connectivity index (χ3n) is 3.12. The van der Waals surface area contributed by atoms with Crippen molar-refractivity contribution in [2.45, 2.75) is 13.0 Å². The molecule has 0 atom stereocenters. The third kappa shape index (κ3) is 5.18. The number of nitrogens with zero attached hydrogens (tertiary/aromatic N) is 1. The van der Waals surface area contributed by atoms with Crippen LogP contribution in [-0.4, -0.2) is 23.3 Å². The van der Waals surface area contributed by atoms with E-state index >= 15 is 0 Å². The Morgan fingerprint density at radius 2 is 1.95 bits per heavy atom. The van der Waals surface area contributed by atoms with Crippen LogP contribution in [0, 0.1) is 0 Å². The van der Waals surface area contributed by atoms with Gasteiger partial charge in [-0.15, -0.1) is 0 Å². The Labute approximate surface area is 133 Å². The SMILES string of the molecule is NC(=O)CCN(Cc1ccccc1)C(=O)/C=C/c1ccsc1. The summed E-state index contributed by atoms with van der Waals surface area (Å²) in [6.07, 6.45) is 3.47. The molecule has 0 radical (unpaired) electrons. The summed E-state index contributed by atoms with van der Waals surface area (Å²) in [7, 11) is 0. The van der Waals surface area contributed by atoms with Crippen LogP contribution in [0.3, 0.4) is 0 Å². The quantitative estimate of drug-likeness (QED) is 0.799. The van der Waals surface area contributed by atoms with E-state index in [-0.39, 0.29) is 12.3 Å². The molecule has 5 heteroatoms. The maximum Gasteiger partial charge on any atom is 0.246 e. The highest BCUT2D eigenvalue weighted by atomic mass is 32.1. The zero-order valence-electron chi connectivity index (χ0n) is 12.1. The van der Waals surface area contributed by atoms with Gasteiger partial charge in [-0.25, -0.2) is 0 Å². The molecule has 0 unspecified atom stereocenters. The maximum atomic E-state index is 12.3. The number of hydrogen-bond donors (Lipinski definition) is 1. The number of carbonyl (C=O) groups excluding carboxylic acids is 2. The van der Waals surface area contributed by atoms with E-state index in [1.807, 2.05) is 47.2 Å². The number of nitrogens with two attached hydrogens (primary N) is 1. The van der Waals surface area contributed by atoms with Gasteiger partial charge < -0.3 is 10.6 Å². The summed E-state index contributed by atoms with van der Waals surface area (Å²) in [5.41, 5.74) is 7.20. The van der Waals surface area contributed by atoms with Gasteiger partial charge in [-0.05, 0) is 34.0 Å². The van der Waals surface area contributed by atoms with Gasteiger partial charge in [-0.3, -0.25) is 9.59 Å². The van der Waals surface area contributed by atoms with Crippen molar-refractivity contribution in [1.82, 2.24) is 4.90 Å². The number of rotatable bonds is 7. The lowest BCUT2D eigenvalue weighted by molar-refractivity contribution is -0.127. The van der Waals surface area contributed by atoms with Crippen LogP contribution in [0.4, 0.5) is 0 Å². The number of primary amides is 1. The molecule has 0 saturated carbocycles. The highest BCUT2D eigenvalue weighted by Crippen LogP contribution is 2.10. The minimum atomic E-state index is -0.410. The van der Waals surface area contributed by atoms with E-state index in [4.69, 9.17) is 5.73 Å². The first-order chi connectivity index (χ1) is 10.6. The fraction of sp³-hybridized carbons (Fsp3) is 0.176. The van der Waals surface area contributed by atoms with Gasteiger partial charge in [0, 0.05) is 25.6 Å². The van der Waals surface area contributed by atoms with E-state index in [9.17, 15) is 9.59 Å². The Balaban J connectivity index is 2.05. The van der Waals surface area contributed by atoms with Crippen LogP contribution in [0.1, 0.15) is 17.5 Å². The molecule has 0 fully saturated rings. The van der Waals surface area contributed by atoms with Gasteiger partial charge >= 0.3 is 0 Å². The highest BCUT2D eigenvalue weighted by molar-refractivity contribution is 7.08. The molecule has 2 N–H and O–H groups in total. The normalized spacial score (nSPS) is 10.7. The summed E-state index contributed by atoms with van der Waals surface area (Å²) in [6.45, 7) is 0.776. The van der Waals surface area contributed by atoms with Gasteiger partial charge in [-0.1, -0.05) is 30.3 Å². The Kier molecular flexibility index (Phi) is 5.91. The lowest BCUT2D eigenvalue weighted by Gasteiger charge is -2.20. The average molecular weight is 314 g/mol. The molecule has 1 aromatic carbocycles. The second kappa shape index (κ2) is 8.14. The molecule has 22 heavy (non-hydrogen) atoms. The monoisotopic (exact) mass is 314 g/mol. The van der Waals surface area contributed by atoms with Crippen LogP contribution in [-0.2, 0) is 16.1 Å². The molecule has 0 bridgehead atoms. The second-order valence-electron chi connectivity index (χ2n) is 4.85. The van der Waals surface area contributed by atoms with Crippen molar-refractivity contribution < 1.29 is 9.59 Å². The molecule has 2 aromatic rings. The van der Waals surface area contributed by atoms with Gasteiger partial charge in [0.1, 0.15) is 0 Å². The molecule has 0 aliphatic rings. The topological polar surface area (TPSA) is 63.4 Å². The summed E-state index contributed by atoms with van der Waals surface area (Å²) < 4.78 is 0. The van der Waals surface area contributed by atoms with E-state index in [1.165, 1.54) is 6.08 Å². The minimum Gasteiger partial charge on any atom is -0.370 e. The summed E-state index contributed by atoms with van der Waals surface area (Å²) in [6, 6.07) is 11.6. The van der Waals surface area contributed by atoms with Gasteiger partial charge in [-0.2, -0.15) is 11.3 Å². The maximum absolute atomic E-state index is 12.3. The Morgan fingerprint density at radius 1 is 1.18 bits per heavy atom. The fourth-order valence-electron chi connectivity index (χ4n) is 1.96. The zero-order valence-corrected chi connectivity index (χ0v) is 13.0. The molecule has 4 nitrogen and oxygen atoms in total. The molecular formula is C17H18N2O2S. The zero-order chi connectivity index (χ0) is 15.8. The predicted molar refractivity (Wildman–Crippen MR) is 89.0 cm³/mol. The largest absolute Gasteiger partial charge is 0.370 e. The van der Waals surface area contributed by atoms with E-state index in [0.717, 1.165) is 11.1 Å². The first-order valence-corrected chi connectivity index (χ1v) is 7.91. The Bertz CT molecular complexity index is 636. The number of thiophene rings is 1.